The molecule has 31 heavy (non-hydrogen) atoms. The molecule has 1 amide bonds. The van der Waals surface area contributed by atoms with E-state index in [0.29, 0.717) is 46.0 Å². The lowest BCUT2D eigenvalue weighted by Gasteiger charge is -2.16. The van der Waals surface area contributed by atoms with Gasteiger partial charge >= 0.3 is 0 Å². The Morgan fingerprint density at radius 3 is 2.55 bits per heavy atom. The molecule has 2 aromatic carbocycles. The van der Waals surface area contributed by atoms with Crippen molar-refractivity contribution in [1.29, 1.82) is 0 Å². The van der Waals surface area contributed by atoms with Crippen LogP contribution < -0.4 is 20.2 Å². The normalized spacial score (nSPS) is 10.6. The van der Waals surface area contributed by atoms with E-state index in [1.54, 1.807) is 16.8 Å². The summed E-state index contributed by atoms with van der Waals surface area (Å²) < 4.78 is 13.5. The van der Waals surface area contributed by atoms with Crippen LogP contribution in [0.2, 0.25) is 5.02 Å². The molecule has 0 aliphatic heterocycles. The summed E-state index contributed by atoms with van der Waals surface area (Å²) in [6.45, 7) is 6.33. The molecule has 0 fully saturated rings. The summed E-state index contributed by atoms with van der Waals surface area (Å²) in [6, 6.07) is 11.0. The molecule has 0 unspecified atom stereocenters. The number of aromatic amines is 1. The molecule has 0 atom stereocenters. The van der Waals surface area contributed by atoms with Gasteiger partial charge in [0.15, 0.2) is 18.1 Å². The number of amides is 1. The maximum atomic E-state index is 12.2. The highest BCUT2D eigenvalue weighted by Gasteiger charge is 2.14. The Hall–Kier alpha value is -3.04. The average Bonchev–Trinajstić information content (AvgIpc) is 3.06. The van der Waals surface area contributed by atoms with Crippen LogP contribution in [-0.4, -0.2) is 34.0 Å². The number of hydrogen-bond acceptors (Lipinski definition) is 6. The van der Waals surface area contributed by atoms with Gasteiger partial charge in [-0.1, -0.05) is 29.3 Å². The number of halogens is 1. The highest BCUT2D eigenvalue weighted by atomic mass is 35.5. The predicted octanol–water partition coefficient (Wildman–Crippen LogP) is 4.37. The van der Waals surface area contributed by atoms with Crippen LogP contribution in [0, 0.1) is 18.6 Å². The molecule has 3 rings (SSSR count). The van der Waals surface area contributed by atoms with Crippen molar-refractivity contribution < 1.29 is 14.3 Å². The Balaban J connectivity index is 1.68. The Bertz CT molecular complexity index is 1110. The molecule has 1 aromatic heterocycles. The highest BCUT2D eigenvalue weighted by molar-refractivity contribution is 7.71. The number of hydrogen-bond donors (Lipinski definition) is 3. The largest absolute Gasteiger partial charge is 0.490 e. The first kappa shape index (κ1) is 22.6. The van der Waals surface area contributed by atoms with Gasteiger partial charge in [-0.15, -0.1) is 0 Å². The summed E-state index contributed by atoms with van der Waals surface area (Å²) in [5.74, 6) is 1.31. The van der Waals surface area contributed by atoms with Crippen LogP contribution in [0.4, 0.5) is 5.69 Å². The number of rotatable bonds is 9. The second-order valence-corrected chi connectivity index (χ2v) is 7.57. The van der Waals surface area contributed by atoms with E-state index >= 15 is 0 Å². The number of carbonyl (C=O) groups excluding carboxylic acids is 1. The molecule has 0 aliphatic rings. The van der Waals surface area contributed by atoms with Gasteiger partial charge in [0.25, 0.3) is 5.91 Å². The minimum Gasteiger partial charge on any atom is -0.490 e. The lowest BCUT2D eigenvalue weighted by molar-refractivity contribution is -0.118. The highest BCUT2D eigenvalue weighted by Crippen LogP contribution is 2.34. The second kappa shape index (κ2) is 10.3. The zero-order valence-electron chi connectivity index (χ0n) is 17.5. The molecule has 10 heteroatoms. The maximum absolute atomic E-state index is 12.2. The first-order chi connectivity index (χ1) is 14.9. The van der Waals surface area contributed by atoms with Crippen LogP contribution in [0.25, 0.3) is 0 Å². The van der Waals surface area contributed by atoms with Crippen LogP contribution >= 0.6 is 23.8 Å². The van der Waals surface area contributed by atoms with Gasteiger partial charge in [0.2, 0.25) is 4.77 Å². The van der Waals surface area contributed by atoms with Gasteiger partial charge in [-0.3, -0.25) is 9.89 Å². The fourth-order valence-electron chi connectivity index (χ4n) is 2.80. The number of carbonyl (C=O) groups is 1. The summed E-state index contributed by atoms with van der Waals surface area (Å²) >= 11 is 11.6. The molecular weight excluding hydrogens is 438 g/mol. The number of ether oxygens (including phenoxy) is 2. The Morgan fingerprint density at radius 1 is 1.19 bits per heavy atom. The van der Waals surface area contributed by atoms with E-state index in [2.05, 4.69) is 20.9 Å². The summed E-state index contributed by atoms with van der Waals surface area (Å²) in [5, 5.41) is 10.0. The summed E-state index contributed by atoms with van der Waals surface area (Å²) in [7, 11) is 0. The number of nitrogens with zero attached hydrogens (tertiary/aromatic N) is 2. The van der Waals surface area contributed by atoms with E-state index in [0.717, 1.165) is 11.1 Å². The van der Waals surface area contributed by atoms with Crippen molar-refractivity contribution in [2.45, 2.75) is 27.3 Å². The van der Waals surface area contributed by atoms with Crippen LogP contribution in [0.5, 0.6) is 11.5 Å². The van der Waals surface area contributed by atoms with Crippen molar-refractivity contribution in [2.24, 2.45) is 0 Å². The topological polar surface area (TPSA) is 93.2 Å². The van der Waals surface area contributed by atoms with Crippen LogP contribution in [0.1, 0.15) is 23.9 Å². The third-order valence-electron chi connectivity index (χ3n) is 4.37. The van der Waals surface area contributed by atoms with Gasteiger partial charge < -0.3 is 20.2 Å². The van der Waals surface area contributed by atoms with Gasteiger partial charge in [-0.2, -0.15) is 5.10 Å². The monoisotopic (exact) mass is 461 g/mol. The van der Waals surface area contributed by atoms with E-state index in [4.69, 9.17) is 33.3 Å². The van der Waals surface area contributed by atoms with Gasteiger partial charge in [0, 0.05) is 16.8 Å². The minimum atomic E-state index is -0.280. The van der Waals surface area contributed by atoms with Crippen LogP contribution in [-0.2, 0) is 11.3 Å². The fraction of sp³-hybridized carbons (Fsp3) is 0.286. The zero-order valence-corrected chi connectivity index (χ0v) is 19.1. The Morgan fingerprint density at radius 2 is 1.90 bits per heavy atom. The van der Waals surface area contributed by atoms with E-state index in [-0.39, 0.29) is 12.5 Å². The van der Waals surface area contributed by atoms with E-state index in [1.807, 2.05) is 45.0 Å². The maximum Gasteiger partial charge on any atom is 0.262 e. The fourth-order valence-corrected chi connectivity index (χ4v) is 3.26. The van der Waals surface area contributed by atoms with Crippen molar-refractivity contribution in [3.8, 4) is 11.5 Å². The summed E-state index contributed by atoms with van der Waals surface area (Å²) in [5.41, 5.74) is 5.77. The third-order valence-corrected chi connectivity index (χ3v) is 5.00. The van der Waals surface area contributed by atoms with Gasteiger partial charge in [0.05, 0.1) is 13.2 Å². The second-order valence-electron chi connectivity index (χ2n) is 6.77. The smallest absolute Gasteiger partial charge is 0.262 e. The lowest BCUT2D eigenvalue weighted by atomic mass is 10.2. The molecule has 0 radical (unpaired) electrons. The SMILES string of the molecule is CCOc1cc(CNn2c(C)n[nH]c2=S)c(Cl)cc1OCC(=O)Nc1ccc(C)cc1. The zero-order chi connectivity index (χ0) is 22.4. The molecule has 0 saturated carbocycles. The molecule has 0 aliphatic carbocycles. The van der Waals surface area contributed by atoms with Crippen molar-refractivity contribution >= 4 is 35.4 Å². The van der Waals surface area contributed by atoms with Gasteiger partial charge in [-0.05, 0) is 56.8 Å². The van der Waals surface area contributed by atoms with Crippen molar-refractivity contribution in [2.75, 3.05) is 24.0 Å². The third kappa shape index (κ3) is 5.99. The molecule has 164 valence electrons. The summed E-state index contributed by atoms with van der Waals surface area (Å²) in [6.07, 6.45) is 0. The molecule has 0 saturated heterocycles. The molecule has 8 nitrogen and oxygen atoms in total. The predicted molar refractivity (Wildman–Crippen MR) is 123 cm³/mol. The van der Waals surface area contributed by atoms with Crippen molar-refractivity contribution in [1.82, 2.24) is 14.9 Å². The lowest BCUT2D eigenvalue weighted by Crippen LogP contribution is -2.20. The number of anilines is 1. The van der Waals surface area contributed by atoms with E-state index in [1.165, 1.54) is 0 Å². The number of nitrogens with one attached hydrogen (secondary N) is 3. The molecular formula is C21H24ClN5O3S. The quantitative estimate of drug-likeness (QED) is 0.410. The first-order valence-corrected chi connectivity index (χ1v) is 10.5. The average molecular weight is 462 g/mol. The molecule has 3 aromatic rings. The standard InChI is InChI=1S/C21H24ClN5O3S/c1-4-29-18-9-15(11-23-27-14(3)25-26-21(27)31)17(22)10-19(18)30-12-20(28)24-16-7-5-13(2)6-8-16/h5-10,23H,4,11-12H2,1-3H3,(H,24,28)(H,26,31). The Kier molecular flexibility index (Phi) is 7.54. The summed E-state index contributed by atoms with van der Waals surface area (Å²) in [4.78, 5) is 12.2. The molecule has 3 N–H and O–H groups in total. The minimum absolute atomic E-state index is 0.175. The van der Waals surface area contributed by atoms with E-state index in [9.17, 15) is 4.79 Å². The van der Waals surface area contributed by atoms with Gasteiger partial charge in [0.1, 0.15) is 5.82 Å². The van der Waals surface area contributed by atoms with E-state index < -0.39 is 0 Å². The molecule has 0 bridgehead atoms. The van der Waals surface area contributed by atoms with Crippen LogP contribution in [0.3, 0.4) is 0 Å². The number of aromatic nitrogens is 3. The van der Waals surface area contributed by atoms with Crippen molar-refractivity contribution in [3.05, 3.63) is 63.1 Å². The number of H-pyrrole nitrogens is 1. The number of aryl methyl sites for hydroxylation is 2. The number of benzene rings is 2. The molecule has 0 spiro atoms. The Labute approximate surface area is 190 Å². The van der Waals surface area contributed by atoms with Crippen molar-refractivity contribution in [3.63, 3.8) is 0 Å². The first-order valence-electron chi connectivity index (χ1n) is 9.69. The van der Waals surface area contributed by atoms with Crippen LogP contribution in [0.15, 0.2) is 36.4 Å². The molecule has 1 heterocycles. The van der Waals surface area contributed by atoms with Gasteiger partial charge in [-0.25, -0.2) is 4.68 Å².